The van der Waals surface area contributed by atoms with Gasteiger partial charge < -0.3 is 55.5 Å². The van der Waals surface area contributed by atoms with E-state index >= 15 is 0 Å². The van der Waals surface area contributed by atoms with Gasteiger partial charge in [-0.3, -0.25) is 4.79 Å². The topological polar surface area (TPSA) is 193 Å². The first-order valence-corrected chi connectivity index (χ1v) is 14.2. The molecule has 2 fully saturated rings. The van der Waals surface area contributed by atoms with Crippen molar-refractivity contribution in [2.45, 2.75) is 128 Å². The summed E-state index contributed by atoms with van der Waals surface area (Å²) in [5, 5.41) is 56.6. The number of nitrogens with two attached hydrogens (primary N) is 1. The number of ether oxygens (including phenoxy) is 4. The van der Waals surface area contributed by atoms with Crippen LogP contribution >= 0.6 is 0 Å². The Kier molecular flexibility index (Phi) is 13.4. The van der Waals surface area contributed by atoms with Crippen molar-refractivity contribution in [2.24, 2.45) is 23.5 Å². The summed E-state index contributed by atoms with van der Waals surface area (Å²) in [6, 6.07) is -1.35. The van der Waals surface area contributed by atoms with Gasteiger partial charge >= 0.3 is 0 Å². The number of hydrogen-bond donors (Lipinski definition) is 7. The van der Waals surface area contributed by atoms with E-state index < -0.39 is 72.7 Å². The van der Waals surface area contributed by atoms with E-state index in [4.69, 9.17) is 24.7 Å². The summed E-state index contributed by atoms with van der Waals surface area (Å²) in [5.41, 5.74) is 5.99. The van der Waals surface area contributed by atoms with Gasteiger partial charge in [0.05, 0.1) is 55.2 Å². The molecular weight excluding hydrogens is 524 g/mol. The highest BCUT2D eigenvalue weighted by Gasteiger charge is 2.50. The highest BCUT2D eigenvalue weighted by Crippen LogP contribution is 2.38. The molecule has 0 aliphatic carbocycles. The number of methoxy groups -OCH3 is 1. The maximum atomic E-state index is 13.4. The highest BCUT2D eigenvalue weighted by atomic mass is 16.7. The van der Waals surface area contributed by atoms with Crippen LogP contribution in [0.4, 0.5) is 0 Å². The first-order chi connectivity index (χ1) is 18.6. The Morgan fingerprint density at radius 1 is 1.15 bits per heavy atom. The van der Waals surface area contributed by atoms with E-state index in [9.17, 15) is 30.3 Å². The largest absolute Gasteiger partial charge is 0.393 e. The number of rotatable bonds is 13. The van der Waals surface area contributed by atoms with Gasteiger partial charge in [-0.05, 0) is 25.7 Å². The molecule has 234 valence electrons. The summed E-state index contributed by atoms with van der Waals surface area (Å²) in [7, 11) is 1.51. The van der Waals surface area contributed by atoms with Crippen molar-refractivity contribution in [3.05, 3.63) is 12.2 Å². The summed E-state index contributed by atoms with van der Waals surface area (Å²) < 4.78 is 23.0. The van der Waals surface area contributed by atoms with Crippen LogP contribution in [0.5, 0.6) is 0 Å². The van der Waals surface area contributed by atoms with Crippen LogP contribution in [0.1, 0.15) is 60.8 Å². The van der Waals surface area contributed by atoms with E-state index in [1.165, 1.54) is 7.11 Å². The van der Waals surface area contributed by atoms with Gasteiger partial charge in [0.15, 0.2) is 12.1 Å². The smallest absolute Gasteiger partial charge is 0.228 e. The average molecular weight is 577 g/mol. The van der Waals surface area contributed by atoms with Gasteiger partial charge in [-0.25, -0.2) is 0 Å². The van der Waals surface area contributed by atoms with Gasteiger partial charge in [0.25, 0.3) is 0 Å². The molecule has 2 saturated heterocycles. The van der Waals surface area contributed by atoms with Crippen molar-refractivity contribution < 1.29 is 49.3 Å². The van der Waals surface area contributed by atoms with Crippen LogP contribution in [0.3, 0.4) is 0 Å². The monoisotopic (exact) mass is 576 g/mol. The molecule has 12 nitrogen and oxygen atoms in total. The Bertz CT molecular complexity index is 814. The van der Waals surface area contributed by atoms with Gasteiger partial charge in [-0.15, -0.1) is 0 Å². The molecule has 0 spiro atoms. The fraction of sp³-hybridized carbons (Fsp3) is 0.893. The van der Waals surface area contributed by atoms with Crippen LogP contribution in [-0.4, -0.2) is 112 Å². The van der Waals surface area contributed by atoms with Crippen LogP contribution in [0.25, 0.3) is 0 Å². The fourth-order valence-electron chi connectivity index (χ4n) is 5.08. The highest BCUT2D eigenvalue weighted by molar-refractivity contribution is 5.80. The molecule has 0 aromatic heterocycles. The van der Waals surface area contributed by atoms with Gasteiger partial charge in [-0.1, -0.05) is 39.8 Å². The van der Waals surface area contributed by atoms with Crippen LogP contribution in [0.2, 0.25) is 0 Å². The lowest BCUT2D eigenvalue weighted by Crippen LogP contribution is -2.62. The van der Waals surface area contributed by atoms with E-state index in [0.717, 1.165) is 0 Å². The third kappa shape index (κ3) is 9.69. The Hall–Kier alpha value is -1.19. The minimum absolute atomic E-state index is 0.00411. The quantitative estimate of drug-likeness (QED) is 0.143. The van der Waals surface area contributed by atoms with E-state index in [-0.39, 0.29) is 43.7 Å². The molecule has 0 aromatic rings. The third-order valence-corrected chi connectivity index (χ3v) is 7.50. The van der Waals surface area contributed by atoms with E-state index in [1.807, 2.05) is 19.9 Å². The number of carbonyl (C=O) groups is 1. The Morgan fingerprint density at radius 2 is 1.80 bits per heavy atom. The molecule has 0 aromatic carbocycles. The molecule has 0 bridgehead atoms. The number of aliphatic hydroxyl groups is 5. The van der Waals surface area contributed by atoms with Crippen LogP contribution in [-0.2, 0) is 23.7 Å². The molecule has 0 saturated carbocycles. The summed E-state index contributed by atoms with van der Waals surface area (Å²) in [6.07, 6.45) is -5.12. The lowest BCUT2D eigenvalue weighted by molar-refractivity contribution is -0.307. The predicted octanol–water partition coefficient (Wildman–Crippen LogP) is -0.219. The van der Waals surface area contributed by atoms with Crippen molar-refractivity contribution >= 4 is 5.91 Å². The molecule has 2 aliphatic heterocycles. The van der Waals surface area contributed by atoms with E-state index in [2.05, 4.69) is 5.32 Å². The molecule has 12 atom stereocenters. The maximum Gasteiger partial charge on any atom is 0.228 e. The predicted molar refractivity (Wildman–Crippen MR) is 147 cm³/mol. The molecular formula is C28H52N2O10. The van der Waals surface area contributed by atoms with Crippen LogP contribution < -0.4 is 11.1 Å². The first kappa shape index (κ1) is 35.0. The summed E-state index contributed by atoms with van der Waals surface area (Å²) in [5.74, 6) is -3.48. The molecule has 2 rings (SSSR count). The Morgan fingerprint density at radius 3 is 2.38 bits per heavy atom. The van der Waals surface area contributed by atoms with E-state index in [1.54, 1.807) is 33.8 Å². The fourth-order valence-corrected chi connectivity index (χ4v) is 5.08. The lowest BCUT2D eigenvalue weighted by atomic mass is 9.81. The van der Waals surface area contributed by atoms with Crippen molar-refractivity contribution in [2.75, 3.05) is 13.7 Å². The molecule has 40 heavy (non-hydrogen) atoms. The minimum Gasteiger partial charge on any atom is -0.393 e. The number of hydrogen-bond acceptors (Lipinski definition) is 11. The van der Waals surface area contributed by atoms with Crippen molar-refractivity contribution in [1.29, 1.82) is 0 Å². The zero-order chi connectivity index (χ0) is 30.4. The lowest BCUT2D eigenvalue weighted by Gasteiger charge is -2.46. The van der Waals surface area contributed by atoms with Crippen LogP contribution in [0, 0.1) is 17.8 Å². The summed E-state index contributed by atoms with van der Waals surface area (Å²) in [4.78, 5) is 13.4. The standard InChI is InChI=1S/C28H52N2O10/c1-14(2)8-9-18(39-27-25(34)23(29)24(33)17(6)38-27)10-21-22(26(35)30-16(5)13-37-7)20(32)12-28(36,40-21)11-19(31)15(3)4/h8-9,14-25,27,31-34,36H,10-13,29H2,1-7H3,(H,30,35)/b9-8+/t16?,17?,18-,19+,20-,21-,22+,23?,24?,25?,27?,28+/m0/s1. The number of aliphatic hydroxyl groups excluding tert-OH is 4. The number of nitrogens with one attached hydrogen (secondary N) is 1. The Labute approximate surface area is 237 Å². The second-order valence-electron chi connectivity index (χ2n) is 12.1. The van der Waals surface area contributed by atoms with E-state index in [0.29, 0.717) is 0 Å². The van der Waals surface area contributed by atoms with Gasteiger partial charge in [0.1, 0.15) is 6.10 Å². The van der Waals surface area contributed by atoms with Gasteiger partial charge in [-0.2, -0.15) is 0 Å². The molecule has 12 heteroatoms. The molecule has 2 heterocycles. The van der Waals surface area contributed by atoms with Crippen molar-refractivity contribution in [3.8, 4) is 0 Å². The number of allylic oxidation sites excluding steroid dienone is 1. The summed E-state index contributed by atoms with van der Waals surface area (Å²) in [6.45, 7) is 11.2. The second-order valence-corrected chi connectivity index (χ2v) is 12.1. The first-order valence-electron chi connectivity index (χ1n) is 14.2. The maximum absolute atomic E-state index is 13.4. The zero-order valence-electron chi connectivity index (χ0n) is 24.8. The van der Waals surface area contributed by atoms with Crippen molar-refractivity contribution in [1.82, 2.24) is 5.32 Å². The van der Waals surface area contributed by atoms with Gasteiger partial charge in [0, 0.05) is 32.4 Å². The molecule has 6 unspecified atom stereocenters. The Balaban J connectivity index is 2.38. The third-order valence-electron chi connectivity index (χ3n) is 7.50. The normalized spacial score (nSPS) is 37.6. The molecule has 8 N–H and O–H groups in total. The second kappa shape index (κ2) is 15.3. The SMILES string of the molecule is COCC(C)NC(=O)[C@H]1[C@H](C[C@H](/C=C/C(C)C)OC2OC(C)C(O)C(N)C2O)O[C@](O)(C[C@@H](O)C(C)C)C[C@@H]1O. The molecule has 1 amide bonds. The van der Waals surface area contributed by atoms with Gasteiger partial charge in [0.2, 0.25) is 5.91 Å². The molecule has 0 radical (unpaired) electrons. The number of carbonyl (C=O) groups excluding carboxylic acids is 1. The minimum atomic E-state index is -1.89. The molecule has 2 aliphatic rings. The summed E-state index contributed by atoms with van der Waals surface area (Å²) >= 11 is 0. The number of amides is 1. The average Bonchev–Trinajstić information content (AvgIpc) is 2.83. The zero-order valence-corrected chi connectivity index (χ0v) is 24.8. The van der Waals surface area contributed by atoms with Crippen molar-refractivity contribution in [3.63, 3.8) is 0 Å². The van der Waals surface area contributed by atoms with Crippen LogP contribution in [0.15, 0.2) is 12.2 Å².